The maximum atomic E-state index is 14.0. The SMILES string of the molecule is CC(=O)OC(C1CC(O)C(C)=CC1(C)C)C1C2(O)COC2CC(OP(P(P)P)P(P)P)C1(C)C(=O)C(C)O. The molecule has 3 N–H and O–H groups in total. The maximum absolute atomic E-state index is 14.0. The van der Waals surface area contributed by atoms with E-state index < -0.39 is 92.0 Å². The summed E-state index contributed by atoms with van der Waals surface area (Å²) in [5.74, 6) is -2.35. The number of carbonyl (C=O) groups excluding carboxylic acids is 2. The second-order valence-corrected chi connectivity index (χ2v) is 35.2. The van der Waals surface area contributed by atoms with Crippen LogP contribution >= 0.6 is 57.2 Å². The number of ketones is 1. The monoisotopic (exact) mass is 664 g/mol. The number of rotatable bonds is 9. The van der Waals surface area contributed by atoms with E-state index >= 15 is 0 Å². The van der Waals surface area contributed by atoms with Crippen LogP contribution in [0.3, 0.4) is 0 Å². The summed E-state index contributed by atoms with van der Waals surface area (Å²) in [6, 6.07) is 0. The van der Waals surface area contributed by atoms with Gasteiger partial charge in [-0.2, -0.15) is 0 Å². The van der Waals surface area contributed by atoms with Crippen molar-refractivity contribution in [2.45, 2.75) is 90.5 Å². The molecule has 2 fully saturated rings. The van der Waals surface area contributed by atoms with Gasteiger partial charge in [0, 0.05) is 25.2 Å². The van der Waals surface area contributed by atoms with Crippen LogP contribution in [0.5, 0.6) is 0 Å². The molecular formula is C23H43O8P7. The predicted octanol–water partition coefficient (Wildman–Crippen LogP) is 5.11. The van der Waals surface area contributed by atoms with Crippen LogP contribution in [-0.2, 0) is 23.6 Å². The molecule has 0 bridgehead atoms. The molecule has 2 aliphatic carbocycles. The van der Waals surface area contributed by atoms with Gasteiger partial charge in [0.25, 0.3) is 0 Å². The van der Waals surface area contributed by atoms with E-state index in [1.54, 1.807) is 6.92 Å². The van der Waals surface area contributed by atoms with Crippen LogP contribution in [-0.4, -0.2) is 69.8 Å². The largest absolute Gasteiger partial charge is 0.462 e. The summed E-state index contributed by atoms with van der Waals surface area (Å²) in [7, 11) is 10.3. The van der Waals surface area contributed by atoms with Crippen molar-refractivity contribution in [2.75, 3.05) is 6.61 Å². The lowest BCUT2D eigenvalue weighted by atomic mass is 9.49. The minimum atomic E-state index is -1.47. The fourth-order valence-electron chi connectivity index (χ4n) is 6.63. The highest BCUT2D eigenvalue weighted by Gasteiger charge is 2.71. The van der Waals surface area contributed by atoms with E-state index in [1.165, 1.54) is 13.8 Å². The van der Waals surface area contributed by atoms with Crippen LogP contribution in [0.2, 0.25) is 0 Å². The standard InChI is InChI=1S/C23H43O8P7/c1-11-9-21(4,5)14(7-15(11)26)18(30-13(3)25)19-22(6,20(27)12(2)24)16(8-17-23(19,28)10-29-17)31-36(37(32)33)38(34)35/h9,12,14-19,24,26,28H,7-8,10,32-35H2,1-6H3. The minimum Gasteiger partial charge on any atom is -0.462 e. The zero-order valence-corrected chi connectivity index (χ0v) is 30.1. The van der Waals surface area contributed by atoms with Crippen LogP contribution < -0.4 is 0 Å². The number of Topliss-reactive ketones (excluding diaryl/α,β-unsaturated/α-hetero) is 1. The lowest BCUT2D eigenvalue weighted by Crippen LogP contribution is -2.77. The van der Waals surface area contributed by atoms with E-state index in [1.807, 2.05) is 26.8 Å². The van der Waals surface area contributed by atoms with Crippen molar-refractivity contribution >= 4 is 69.0 Å². The Bertz CT molecular complexity index is 939. The van der Waals surface area contributed by atoms with Crippen LogP contribution in [0.25, 0.3) is 0 Å². The van der Waals surface area contributed by atoms with Crippen molar-refractivity contribution < 1.29 is 38.9 Å². The molecule has 8 nitrogen and oxygen atoms in total. The molecular weight excluding hydrogens is 621 g/mol. The van der Waals surface area contributed by atoms with Gasteiger partial charge in [0.05, 0.1) is 37.9 Å². The normalized spacial score (nSPS) is 38.3. The molecule has 0 aromatic carbocycles. The Kier molecular flexibility index (Phi) is 11.5. The zero-order chi connectivity index (χ0) is 29.0. The molecule has 1 saturated carbocycles. The number of carbonyl (C=O) groups is 2. The molecule has 1 heterocycles. The van der Waals surface area contributed by atoms with Gasteiger partial charge in [-0.05, 0) is 52.2 Å². The number of aliphatic hydroxyl groups is 3. The van der Waals surface area contributed by atoms with Gasteiger partial charge in [-0.25, -0.2) is 0 Å². The molecule has 3 aliphatic rings. The van der Waals surface area contributed by atoms with Crippen LogP contribution in [0, 0.1) is 22.7 Å². The van der Waals surface area contributed by atoms with E-state index in [-0.39, 0.29) is 13.0 Å². The predicted molar refractivity (Wildman–Crippen MR) is 169 cm³/mol. The third-order valence-electron chi connectivity index (χ3n) is 8.47. The van der Waals surface area contributed by atoms with Crippen molar-refractivity contribution in [1.29, 1.82) is 0 Å². The van der Waals surface area contributed by atoms with Gasteiger partial charge >= 0.3 is 5.97 Å². The molecule has 1 saturated heterocycles. The summed E-state index contributed by atoms with van der Waals surface area (Å²) in [5.41, 5.74) is -2.56. The van der Waals surface area contributed by atoms with E-state index in [0.29, 0.717) is 6.42 Å². The van der Waals surface area contributed by atoms with Crippen molar-refractivity contribution in [3.05, 3.63) is 11.6 Å². The summed E-state index contributed by atoms with van der Waals surface area (Å²) in [5, 5.41) is 33.6. The fraction of sp³-hybridized carbons (Fsp3) is 0.826. The Morgan fingerprint density at radius 2 is 1.74 bits per heavy atom. The molecule has 218 valence electrons. The summed E-state index contributed by atoms with van der Waals surface area (Å²) < 4.78 is 18.7. The summed E-state index contributed by atoms with van der Waals surface area (Å²) in [6.07, 6.45) is -1.75. The summed E-state index contributed by atoms with van der Waals surface area (Å²) >= 11 is 0. The molecule has 3 rings (SSSR count). The second kappa shape index (κ2) is 12.7. The minimum absolute atomic E-state index is 0.0191. The van der Waals surface area contributed by atoms with Gasteiger partial charge in [-0.15, -0.1) is 35.7 Å². The first-order valence-electron chi connectivity index (χ1n) is 12.5. The third-order valence-corrected chi connectivity index (χ3v) is 30.9. The smallest absolute Gasteiger partial charge is 0.302 e. The number of aliphatic hydroxyl groups excluding tert-OH is 2. The highest BCUT2D eigenvalue weighted by Crippen LogP contribution is 2.98. The second-order valence-electron chi connectivity index (χ2n) is 11.6. The number of esters is 1. The third kappa shape index (κ3) is 6.45. The highest BCUT2D eigenvalue weighted by molar-refractivity contribution is 8.96. The number of ether oxygens (including phenoxy) is 2. The van der Waals surface area contributed by atoms with Gasteiger partial charge in [0.1, 0.15) is 17.8 Å². The topological polar surface area (TPSA) is 123 Å². The number of allylic oxidation sites excluding steroid dienone is 1. The Hall–Kier alpha value is 1.69. The van der Waals surface area contributed by atoms with Crippen LogP contribution in [0.15, 0.2) is 11.6 Å². The molecule has 1 aliphatic heterocycles. The number of fused-ring (bicyclic) bond motifs is 1. The Balaban J connectivity index is 2.24. The Labute approximate surface area is 238 Å². The van der Waals surface area contributed by atoms with Crippen molar-refractivity contribution in [1.82, 2.24) is 0 Å². The lowest BCUT2D eigenvalue weighted by molar-refractivity contribution is -0.329. The average molecular weight is 664 g/mol. The molecule has 13 unspecified atom stereocenters. The lowest BCUT2D eigenvalue weighted by Gasteiger charge is -2.64. The van der Waals surface area contributed by atoms with Crippen molar-refractivity contribution in [3.63, 3.8) is 0 Å². The Morgan fingerprint density at radius 1 is 1.16 bits per heavy atom. The average Bonchev–Trinajstić information content (AvgIpc) is 2.77. The van der Waals surface area contributed by atoms with E-state index in [9.17, 15) is 24.9 Å². The van der Waals surface area contributed by atoms with Gasteiger partial charge in [-0.1, -0.05) is 19.9 Å². The van der Waals surface area contributed by atoms with Crippen molar-refractivity contribution in [3.8, 4) is 0 Å². The van der Waals surface area contributed by atoms with Crippen LogP contribution in [0.4, 0.5) is 0 Å². The maximum Gasteiger partial charge on any atom is 0.302 e. The summed E-state index contributed by atoms with van der Waals surface area (Å²) in [6.45, 7) is 9.06. The fourth-order valence-corrected chi connectivity index (χ4v) is 39.5. The first-order chi connectivity index (χ1) is 17.4. The van der Waals surface area contributed by atoms with Gasteiger partial charge in [-0.3, -0.25) is 9.59 Å². The molecule has 0 aromatic rings. The summed E-state index contributed by atoms with van der Waals surface area (Å²) in [4.78, 5) is 26.6. The molecule has 0 spiro atoms. The van der Waals surface area contributed by atoms with Crippen LogP contribution in [0.1, 0.15) is 54.4 Å². The Morgan fingerprint density at radius 3 is 2.18 bits per heavy atom. The number of hydrogen-bond donors (Lipinski definition) is 3. The number of hydrogen-bond acceptors (Lipinski definition) is 8. The zero-order valence-electron chi connectivity index (χ0n) is 22.8. The van der Waals surface area contributed by atoms with Gasteiger partial charge in [0.15, 0.2) is 5.78 Å². The first kappa shape index (κ1) is 34.2. The molecule has 0 amide bonds. The van der Waals surface area contributed by atoms with E-state index in [4.69, 9.17) is 14.0 Å². The molecule has 0 radical (unpaired) electrons. The highest BCUT2D eigenvalue weighted by atomic mass is 33.0. The molecule has 38 heavy (non-hydrogen) atoms. The van der Waals surface area contributed by atoms with Crippen molar-refractivity contribution in [2.24, 2.45) is 22.7 Å². The molecule has 15 heteroatoms. The first-order valence-corrected chi connectivity index (χ1v) is 24.4. The quantitative estimate of drug-likeness (QED) is 0.177. The van der Waals surface area contributed by atoms with E-state index in [0.717, 1.165) is 5.57 Å². The molecule has 13 atom stereocenters. The van der Waals surface area contributed by atoms with Gasteiger partial charge < -0.3 is 29.3 Å². The van der Waals surface area contributed by atoms with Gasteiger partial charge in [0.2, 0.25) is 0 Å². The van der Waals surface area contributed by atoms with E-state index in [2.05, 4.69) is 35.7 Å². The molecule has 0 aromatic heterocycles.